The van der Waals surface area contributed by atoms with Gasteiger partial charge in [-0.25, -0.2) is 9.78 Å². The van der Waals surface area contributed by atoms with Crippen LogP contribution in [0.3, 0.4) is 0 Å². The van der Waals surface area contributed by atoms with Crippen LogP contribution in [0.1, 0.15) is 39.3 Å². The average Bonchev–Trinajstić information content (AvgIpc) is 3.24. The third kappa shape index (κ3) is 9.15. The Morgan fingerprint density at radius 2 is 1.62 bits per heavy atom. The van der Waals surface area contributed by atoms with Crippen molar-refractivity contribution < 1.29 is 34.2 Å². The van der Waals surface area contributed by atoms with Gasteiger partial charge in [0.25, 0.3) is 0 Å². The van der Waals surface area contributed by atoms with Crippen LogP contribution in [0.15, 0.2) is 12.5 Å². The first-order valence-electron chi connectivity index (χ1n) is 10.7. The van der Waals surface area contributed by atoms with E-state index in [4.69, 9.17) is 11.5 Å². The highest BCUT2D eigenvalue weighted by atomic mass is 16.4. The predicted octanol–water partition coefficient (Wildman–Crippen LogP) is -2.88. The minimum absolute atomic E-state index is 0.152. The minimum atomic E-state index is -1.53. The summed E-state index contributed by atoms with van der Waals surface area (Å²) in [6.07, 6.45) is 1.15. The number of carbonyl (C=O) groups is 5. The Kier molecular flexibility index (Phi) is 11.1. The molecule has 0 fully saturated rings. The van der Waals surface area contributed by atoms with E-state index in [1.807, 2.05) is 0 Å². The molecule has 0 saturated carbocycles. The Bertz CT molecular complexity index is 857. The molecule has 1 heterocycles. The number of carbonyl (C=O) groups excluding carboxylic acids is 4. The minimum Gasteiger partial charge on any atom is -0.480 e. The molecule has 1 aromatic rings. The lowest BCUT2D eigenvalue weighted by atomic mass is 10.0. The Morgan fingerprint density at radius 1 is 1.03 bits per heavy atom. The van der Waals surface area contributed by atoms with Crippen molar-refractivity contribution in [2.45, 2.75) is 70.3 Å². The maximum absolute atomic E-state index is 12.9. The Hall–Kier alpha value is -3.52. The third-order valence-corrected chi connectivity index (χ3v) is 4.93. The van der Waals surface area contributed by atoms with Crippen LogP contribution >= 0.6 is 0 Å². The fourth-order valence-corrected chi connectivity index (χ4v) is 2.97. The summed E-state index contributed by atoms with van der Waals surface area (Å²) < 4.78 is 0. The molecule has 0 aliphatic rings. The zero-order valence-electron chi connectivity index (χ0n) is 19.3. The molecule has 5 unspecified atom stereocenters. The maximum Gasteiger partial charge on any atom is 0.326 e. The number of aliphatic hydroxyl groups excluding tert-OH is 1. The van der Waals surface area contributed by atoms with E-state index >= 15 is 0 Å². The number of aromatic amines is 1. The van der Waals surface area contributed by atoms with Crippen molar-refractivity contribution in [1.82, 2.24) is 25.9 Å². The molecule has 0 spiro atoms. The molecule has 0 aliphatic carbocycles. The summed E-state index contributed by atoms with van der Waals surface area (Å²) in [5, 5.41) is 26.3. The number of hydrogen-bond acceptors (Lipinski definition) is 8. The topological polar surface area (TPSA) is 243 Å². The molecular formula is C20H33N7O7. The van der Waals surface area contributed by atoms with Gasteiger partial charge in [0.2, 0.25) is 23.6 Å². The first-order chi connectivity index (χ1) is 15.8. The van der Waals surface area contributed by atoms with Gasteiger partial charge in [-0.15, -0.1) is 0 Å². The standard InChI is InChI=1S/C20H33N7O7/c1-9(2)15(26-17(30)12(21)6-11-7-23-8-24-11)18(31)27-16(10(3)28)19(32)25-13(20(33)34)4-5-14(22)29/h7-10,12-13,15-16,28H,4-6,21H2,1-3H3,(H2,22,29)(H,23,24)(H,25,32)(H,26,30)(H,27,31)(H,33,34). The van der Waals surface area contributed by atoms with Crippen LogP contribution in [-0.2, 0) is 30.4 Å². The lowest BCUT2D eigenvalue weighted by molar-refractivity contribution is -0.143. The summed E-state index contributed by atoms with van der Waals surface area (Å²) >= 11 is 0. The fraction of sp³-hybridized carbons (Fsp3) is 0.600. The fourth-order valence-electron chi connectivity index (χ4n) is 2.97. The van der Waals surface area contributed by atoms with Gasteiger partial charge in [0.15, 0.2) is 0 Å². The second kappa shape index (κ2) is 13.3. The highest BCUT2D eigenvalue weighted by Crippen LogP contribution is 2.06. The van der Waals surface area contributed by atoms with Crippen LogP contribution in [0.25, 0.3) is 0 Å². The van der Waals surface area contributed by atoms with Gasteiger partial charge < -0.3 is 42.6 Å². The van der Waals surface area contributed by atoms with Gasteiger partial charge >= 0.3 is 5.97 Å². The Labute approximate surface area is 196 Å². The molecule has 0 aliphatic heterocycles. The van der Waals surface area contributed by atoms with E-state index in [0.29, 0.717) is 5.69 Å². The van der Waals surface area contributed by atoms with Gasteiger partial charge in [0.1, 0.15) is 18.1 Å². The zero-order valence-corrected chi connectivity index (χ0v) is 19.3. The van der Waals surface area contributed by atoms with Gasteiger partial charge in [-0.3, -0.25) is 19.2 Å². The second-order valence-electron chi connectivity index (χ2n) is 8.25. The van der Waals surface area contributed by atoms with Crippen LogP contribution in [0.4, 0.5) is 0 Å². The van der Waals surface area contributed by atoms with E-state index in [-0.39, 0.29) is 19.3 Å². The number of aliphatic hydroxyl groups is 1. The summed E-state index contributed by atoms with van der Waals surface area (Å²) in [5.74, 6) is -4.94. The maximum atomic E-state index is 12.9. The Balaban J connectivity index is 2.86. The molecule has 10 N–H and O–H groups in total. The van der Waals surface area contributed by atoms with E-state index in [0.717, 1.165) is 0 Å². The predicted molar refractivity (Wildman–Crippen MR) is 119 cm³/mol. The molecule has 14 nitrogen and oxygen atoms in total. The number of nitrogens with zero attached hydrogens (tertiary/aromatic N) is 1. The van der Waals surface area contributed by atoms with Crippen LogP contribution < -0.4 is 27.4 Å². The number of carboxylic acid groups (broad SMARTS) is 1. The molecule has 5 atom stereocenters. The zero-order chi connectivity index (χ0) is 26.0. The van der Waals surface area contributed by atoms with Gasteiger partial charge in [0, 0.05) is 24.7 Å². The SMILES string of the molecule is CC(C)C(NC(=O)C(N)Cc1cnc[nH]1)C(=O)NC(C(=O)NC(CCC(N)=O)C(=O)O)C(C)O. The van der Waals surface area contributed by atoms with Gasteiger partial charge in [-0.05, 0) is 19.3 Å². The molecule has 4 amide bonds. The van der Waals surface area contributed by atoms with E-state index in [9.17, 15) is 34.2 Å². The summed E-state index contributed by atoms with van der Waals surface area (Å²) in [7, 11) is 0. The number of primary amides is 1. The highest BCUT2D eigenvalue weighted by Gasteiger charge is 2.33. The first-order valence-corrected chi connectivity index (χ1v) is 10.7. The van der Waals surface area contributed by atoms with Crippen LogP contribution in [0, 0.1) is 5.92 Å². The van der Waals surface area contributed by atoms with Gasteiger partial charge in [-0.1, -0.05) is 13.8 Å². The normalized spacial score (nSPS) is 15.5. The molecule has 190 valence electrons. The number of nitrogens with one attached hydrogen (secondary N) is 4. The van der Waals surface area contributed by atoms with Gasteiger partial charge in [-0.2, -0.15) is 0 Å². The number of aromatic nitrogens is 2. The van der Waals surface area contributed by atoms with Crippen molar-refractivity contribution in [2.75, 3.05) is 0 Å². The highest BCUT2D eigenvalue weighted by molar-refractivity contribution is 5.94. The third-order valence-electron chi connectivity index (χ3n) is 4.93. The van der Waals surface area contributed by atoms with Crippen molar-refractivity contribution in [1.29, 1.82) is 0 Å². The van der Waals surface area contributed by atoms with E-state index in [2.05, 4.69) is 25.9 Å². The molecule has 0 saturated heterocycles. The van der Waals surface area contributed by atoms with Crippen LogP contribution in [0.5, 0.6) is 0 Å². The summed E-state index contributed by atoms with van der Waals surface area (Å²) in [6, 6.07) is -5.06. The van der Waals surface area contributed by atoms with Crippen LogP contribution in [0.2, 0.25) is 0 Å². The number of aliphatic carboxylic acids is 1. The lowest BCUT2D eigenvalue weighted by Crippen LogP contribution is -2.61. The number of rotatable bonds is 14. The molecule has 0 bridgehead atoms. The molecule has 1 aromatic heterocycles. The van der Waals surface area contributed by atoms with E-state index in [1.54, 1.807) is 13.8 Å². The van der Waals surface area contributed by atoms with Crippen molar-refractivity contribution >= 4 is 29.6 Å². The van der Waals surface area contributed by atoms with Crippen molar-refractivity contribution in [3.8, 4) is 0 Å². The van der Waals surface area contributed by atoms with Crippen molar-refractivity contribution in [3.05, 3.63) is 18.2 Å². The molecular weight excluding hydrogens is 450 g/mol. The average molecular weight is 484 g/mol. The van der Waals surface area contributed by atoms with Crippen molar-refractivity contribution in [3.63, 3.8) is 0 Å². The lowest BCUT2D eigenvalue weighted by Gasteiger charge is -2.28. The summed E-state index contributed by atoms with van der Waals surface area (Å²) in [5.41, 5.74) is 11.5. The summed E-state index contributed by atoms with van der Waals surface area (Å²) in [6.45, 7) is 4.55. The quantitative estimate of drug-likeness (QED) is 0.135. The molecule has 0 aromatic carbocycles. The number of hydrogen-bond donors (Lipinski definition) is 8. The number of carboxylic acids is 1. The van der Waals surface area contributed by atoms with E-state index in [1.165, 1.54) is 19.4 Å². The molecule has 14 heteroatoms. The first kappa shape index (κ1) is 28.5. The Morgan fingerprint density at radius 3 is 2.09 bits per heavy atom. The number of nitrogens with two attached hydrogens (primary N) is 2. The molecule has 0 radical (unpaired) electrons. The van der Waals surface area contributed by atoms with Gasteiger partial charge in [0.05, 0.1) is 18.5 Å². The smallest absolute Gasteiger partial charge is 0.326 e. The van der Waals surface area contributed by atoms with E-state index < -0.39 is 65.8 Å². The monoisotopic (exact) mass is 483 g/mol. The number of amides is 4. The second-order valence-corrected chi connectivity index (χ2v) is 8.25. The molecule has 34 heavy (non-hydrogen) atoms. The van der Waals surface area contributed by atoms with Crippen molar-refractivity contribution in [2.24, 2.45) is 17.4 Å². The number of imidazole rings is 1. The largest absolute Gasteiger partial charge is 0.480 e. The molecule has 1 rings (SSSR count). The summed E-state index contributed by atoms with van der Waals surface area (Å²) in [4.78, 5) is 66.9. The van der Waals surface area contributed by atoms with Crippen LogP contribution in [-0.4, -0.2) is 80.1 Å². The number of H-pyrrole nitrogens is 1.